The van der Waals surface area contributed by atoms with Crippen LogP contribution in [-0.4, -0.2) is 0 Å². The van der Waals surface area contributed by atoms with Gasteiger partial charge in [-0.3, -0.25) is 0 Å². The van der Waals surface area contributed by atoms with E-state index in [2.05, 4.69) is 69.2 Å². The Balaban J connectivity index is 0.909. The van der Waals surface area contributed by atoms with E-state index in [1.54, 1.807) is 135 Å². The lowest BCUT2D eigenvalue weighted by atomic mass is 9.28. The van der Waals surface area contributed by atoms with Crippen molar-refractivity contribution in [3.8, 4) is 0 Å². The zero-order valence-corrected chi connectivity index (χ0v) is 38.5. The molecule has 0 spiro atoms. The van der Waals surface area contributed by atoms with E-state index in [9.17, 15) is 0 Å². The Morgan fingerprint density at radius 1 is 0.218 bits per heavy atom. The number of hydrogen-bond acceptors (Lipinski definition) is 0. The smallest absolute Gasteiger partial charge is 0.0276 e. The van der Waals surface area contributed by atoms with Crippen molar-refractivity contribution in [1.29, 1.82) is 0 Å². The normalized spacial score (nSPS) is 68.0. The number of hydrogen-bond donors (Lipinski definition) is 0. The molecule has 0 amide bonds. The van der Waals surface area contributed by atoms with Crippen molar-refractivity contribution in [3.05, 3.63) is 0 Å². The van der Waals surface area contributed by atoms with Crippen LogP contribution in [0.25, 0.3) is 0 Å². The first kappa shape index (κ1) is 36.8. The highest BCUT2D eigenvalue weighted by Gasteiger charge is 2.74. The number of rotatable bonds is 8. The summed E-state index contributed by atoms with van der Waals surface area (Å²) in [5, 5.41) is 0. The maximum absolute atomic E-state index is 2.89. The molecule has 0 aromatic carbocycles. The van der Waals surface area contributed by atoms with E-state index in [0.717, 1.165) is 0 Å². The van der Waals surface area contributed by atoms with Crippen molar-refractivity contribution < 1.29 is 0 Å². The van der Waals surface area contributed by atoms with Crippen LogP contribution in [-0.2, 0) is 0 Å². The second-order valence-electron chi connectivity index (χ2n) is 32.3. The van der Waals surface area contributed by atoms with Gasteiger partial charge >= 0.3 is 0 Å². The minimum absolute atomic E-state index is 0.591. The summed E-state index contributed by atoms with van der Waals surface area (Å²) in [7, 11) is 0. The molecule has 0 heterocycles. The summed E-state index contributed by atoms with van der Waals surface area (Å²) in [5.41, 5.74) is 9.87. The first-order valence-electron chi connectivity index (χ1n) is 25.2. The second-order valence-corrected chi connectivity index (χ2v) is 32.3. The average Bonchev–Trinajstić information content (AvgIpc) is 2.81. The van der Waals surface area contributed by atoms with E-state index in [0.29, 0.717) is 86.6 Å². The summed E-state index contributed by atoms with van der Waals surface area (Å²) in [4.78, 5) is 0. The first-order chi connectivity index (χ1) is 25.2. The van der Waals surface area contributed by atoms with Crippen molar-refractivity contribution in [2.24, 2.45) is 86.6 Å². The van der Waals surface area contributed by atoms with Gasteiger partial charge in [-0.25, -0.2) is 0 Å². The molecule has 0 saturated heterocycles. The van der Waals surface area contributed by atoms with Crippen molar-refractivity contribution >= 4 is 0 Å². The fourth-order valence-electron chi connectivity index (χ4n) is 29.5. The summed E-state index contributed by atoms with van der Waals surface area (Å²) in [6, 6.07) is 0. The van der Waals surface area contributed by atoms with Crippen molar-refractivity contribution in [1.82, 2.24) is 0 Å². The molecule has 16 aliphatic carbocycles. The summed E-state index contributed by atoms with van der Waals surface area (Å²) in [6.45, 7) is 27.8. The van der Waals surface area contributed by atoms with Crippen molar-refractivity contribution in [3.63, 3.8) is 0 Å². The van der Waals surface area contributed by atoms with Crippen LogP contribution in [0.15, 0.2) is 0 Å². The quantitative estimate of drug-likeness (QED) is 0.232. The van der Waals surface area contributed by atoms with Crippen molar-refractivity contribution in [2.75, 3.05) is 0 Å². The zero-order chi connectivity index (χ0) is 38.5. The molecular formula is C55H88. The molecule has 6 atom stereocenters. The molecule has 16 rings (SSSR count). The van der Waals surface area contributed by atoms with E-state index >= 15 is 0 Å². The molecule has 16 saturated carbocycles. The Morgan fingerprint density at radius 3 is 0.636 bits per heavy atom. The molecular weight excluding hydrogens is 661 g/mol. The van der Waals surface area contributed by atoms with Crippen LogP contribution >= 0.6 is 0 Å². The van der Waals surface area contributed by atoms with E-state index in [-0.39, 0.29) is 0 Å². The van der Waals surface area contributed by atoms with Crippen LogP contribution in [0.2, 0.25) is 0 Å². The predicted octanol–water partition coefficient (Wildman–Crippen LogP) is 16.4. The van der Waals surface area contributed by atoms with Gasteiger partial charge in [-0.15, -0.1) is 0 Å². The Morgan fingerprint density at radius 2 is 0.382 bits per heavy atom. The van der Waals surface area contributed by atoms with Gasteiger partial charge < -0.3 is 0 Å². The molecule has 0 aromatic heterocycles. The van der Waals surface area contributed by atoms with E-state index < -0.39 is 0 Å². The van der Waals surface area contributed by atoms with Gasteiger partial charge in [-0.05, 0) is 266 Å². The van der Waals surface area contributed by atoms with E-state index in [1.807, 2.05) is 0 Å². The summed E-state index contributed by atoms with van der Waals surface area (Å²) >= 11 is 0. The van der Waals surface area contributed by atoms with Gasteiger partial charge in [0, 0.05) is 0 Å². The maximum Gasteiger partial charge on any atom is -0.0276 e. The molecule has 308 valence electrons. The highest BCUT2D eigenvalue weighted by Crippen LogP contribution is 2.85. The average molecular weight is 749 g/mol. The lowest BCUT2D eigenvalue weighted by Gasteiger charge is -2.77. The van der Waals surface area contributed by atoms with Gasteiger partial charge in [0.2, 0.25) is 0 Å². The standard InChI is InChI=1S/C55H88/c1-11-12-49-20-48(10)31-54(33-49,36-51-24-43(5)16-44(6,25-51)18-45(7,17-43)26-51)39-55(32-48,34-49)38-53-29-46(8)19-47(9,30-53)28-52(27-46,37-53)35-50-21-40(2)13-41(3,22-50)15-42(4,14-40)23-50/h11-39H2,1-10H3. The third-order valence-electron chi connectivity index (χ3n) is 22.4. The first-order valence-corrected chi connectivity index (χ1v) is 25.2. The van der Waals surface area contributed by atoms with Crippen LogP contribution in [0.4, 0.5) is 0 Å². The van der Waals surface area contributed by atoms with Crippen LogP contribution in [0.1, 0.15) is 255 Å². The van der Waals surface area contributed by atoms with Crippen LogP contribution in [0, 0.1) is 86.6 Å². The van der Waals surface area contributed by atoms with Crippen LogP contribution < -0.4 is 0 Å². The van der Waals surface area contributed by atoms with E-state index in [4.69, 9.17) is 0 Å². The maximum atomic E-state index is 2.89. The molecule has 6 unspecified atom stereocenters. The molecule has 16 bridgehead atoms. The minimum atomic E-state index is 0.591. The largest absolute Gasteiger partial charge is 0.0654 e. The van der Waals surface area contributed by atoms with Gasteiger partial charge in [0.1, 0.15) is 0 Å². The van der Waals surface area contributed by atoms with Crippen molar-refractivity contribution in [2.45, 2.75) is 255 Å². The van der Waals surface area contributed by atoms with Gasteiger partial charge in [0.15, 0.2) is 0 Å². The lowest BCUT2D eigenvalue weighted by molar-refractivity contribution is -0.265. The molecule has 0 aliphatic heterocycles. The summed E-state index contributed by atoms with van der Waals surface area (Å²) in [6.07, 6.45) is 45.8. The molecule has 0 nitrogen and oxygen atoms in total. The predicted molar refractivity (Wildman–Crippen MR) is 230 cm³/mol. The summed E-state index contributed by atoms with van der Waals surface area (Å²) in [5.74, 6) is 0. The third kappa shape index (κ3) is 5.30. The van der Waals surface area contributed by atoms with Gasteiger partial charge in [-0.2, -0.15) is 0 Å². The molecule has 0 N–H and O–H groups in total. The van der Waals surface area contributed by atoms with E-state index in [1.165, 1.54) is 51.4 Å². The fraction of sp³-hybridized carbons (Fsp3) is 1.00. The molecule has 16 fully saturated rings. The van der Waals surface area contributed by atoms with Crippen LogP contribution in [0.3, 0.4) is 0 Å². The highest BCUT2D eigenvalue weighted by molar-refractivity contribution is 5.25. The van der Waals surface area contributed by atoms with Gasteiger partial charge in [0.25, 0.3) is 0 Å². The zero-order valence-electron chi connectivity index (χ0n) is 38.5. The Bertz CT molecular complexity index is 1600. The Kier molecular flexibility index (Phi) is 6.50. The molecule has 0 aromatic rings. The van der Waals surface area contributed by atoms with Crippen LogP contribution in [0.5, 0.6) is 0 Å². The van der Waals surface area contributed by atoms with Gasteiger partial charge in [0.05, 0.1) is 0 Å². The molecule has 0 radical (unpaired) electrons. The fourth-order valence-corrected chi connectivity index (χ4v) is 29.5. The Hall–Kier alpha value is 0. The molecule has 0 heteroatoms. The molecule has 55 heavy (non-hydrogen) atoms. The SMILES string of the molecule is CCCC12CC3(C)CC(CC45CC6(C)CC(C)(CC(C)(C6)C4)C5)(C1)CC(CC14CC5(C)CC(C)(CC(CC67CC8(C)CC(C)(CC(C)(C8)C6)C7)(C5)C1)C4)(C3)C2. The topological polar surface area (TPSA) is 0 Å². The lowest BCUT2D eigenvalue weighted by Crippen LogP contribution is -2.66. The Labute approximate surface area is 340 Å². The van der Waals surface area contributed by atoms with Gasteiger partial charge in [-0.1, -0.05) is 75.7 Å². The third-order valence-corrected chi connectivity index (χ3v) is 22.4. The molecule has 16 aliphatic rings. The highest BCUT2D eigenvalue weighted by atomic mass is 14.8. The second kappa shape index (κ2) is 9.71. The monoisotopic (exact) mass is 749 g/mol. The minimum Gasteiger partial charge on any atom is -0.0654 e. The summed E-state index contributed by atoms with van der Waals surface area (Å²) < 4.78 is 0.